The predicted molar refractivity (Wildman–Crippen MR) is 111 cm³/mol. The second kappa shape index (κ2) is 13.2. The van der Waals surface area contributed by atoms with Gasteiger partial charge < -0.3 is 19.8 Å². The third-order valence-electron chi connectivity index (χ3n) is 4.77. The van der Waals surface area contributed by atoms with Crippen LogP contribution in [0.2, 0.25) is 0 Å². The molecule has 2 aliphatic rings. The van der Waals surface area contributed by atoms with E-state index in [-0.39, 0.29) is 0 Å². The van der Waals surface area contributed by atoms with Crippen molar-refractivity contribution in [2.24, 2.45) is 0 Å². The van der Waals surface area contributed by atoms with Crippen molar-refractivity contribution in [1.82, 2.24) is 14.7 Å². The third kappa shape index (κ3) is 11.0. The van der Waals surface area contributed by atoms with E-state index in [1.165, 1.54) is 4.88 Å². The van der Waals surface area contributed by atoms with E-state index >= 15 is 0 Å². The summed E-state index contributed by atoms with van der Waals surface area (Å²) >= 11 is 1.86. The molecule has 0 saturated carbocycles. The summed E-state index contributed by atoms with van der Waals surface area (Å²) < 4.78 is 69.5. The Balaban J connectivity index is 0.000000343. The zero-order valence-electron chi connectivity index (χ0n) is 18.5. The average Bonchev–Trinajstić information content (AvgIpc) is 3.35. The first-order valence-corrected chi connectivity index (χ1v) is 10.8. The molecule has 0 amide bonds. The molecular weight excluding hydrogens is 496 g/mol. The molecule has 0 bridgehead atoms. The number of hydrogen-bond donors (Lipinski definition) is 2. The van der Waals surface area contributed by atoms with Gasteiger partial charge in [-0.3, -0.25) is 9.80 Å². The van der Waals surface area contributed by atoms with E-state index in [9.17, 15) is 26.3 Å². The second-order valence-corrected chi connectivity index (χ2v) is 8.73. The minimum Gasteiger partial charge on any atom is -0.475 e. The number of carboxylic acids is 2. The summed E-state index contributed by atoms with van der Waals surface area (Å²) in [7, 11) is 4.30. The summed E-state index contributed by atoms with van der Waals surface area (Å²) in [6, 6.07) is 4.96. The first-order valence-electron chi connectivity index (χ1n) is 9.96. The smallest absolute Gasteiger partial charge is 0.475 e. The number of morpholine rings is 1. The summed E-state index contributed by atoms with van der Waals surface area (Å²) in [5.74, 6) is -5.51. The van der Waals surface area contributed by atoms with Crippen LogP contribution in [0.25, 0.3) is 0 Å². The van der Waals surface area contributed by atoms with E-state index in [1.54, 1.807) is 0 Å². The molecule has 8 nitrogen and oxygen atoms in total. The maximum absolute atomic E-state index is 10.6. The zero-order valence-corrected chi connectivity index (χ0v) is 19.3. The molecule has 34 heavy (non-hydrogen) atoms. The van der Waals surface area contributed by atoms with Gasteiger partial charge in [-0.15, -0.1) is 11.3 Å². The van der Waals surface area contributed by atoms with E-state index in [2.05, 4.69) is 46.3 Å². The van der Waals surface area contributed by atoms with Crippen LogP contribution in [-0.2, 0) is 20.9 Å². The van der Waals surface area contributed by atoms with Crippen molar-refractivity contribution in [1.29, 1.82) is 0 Å². The average molecular weight is 523 g/mol. The van der Waals surface area contributed by atoms with Crippen molar-refractivity contribution in [3.63, 3.8) is 0 Å². The number of nitrogens with zero attached hydrogens (tertiary/aromatic N) is 3. The molecule has 0 aliphatic carbocycles. The van der Waals surface area contributed by atoms with Gasteiger partial charge in [0.2, 0.25) is 0 Å². The quantitative estimate of drug-likeness (QED) is 0.569. The highest BCUT2D eigenvalue weighted by Gasteiger charge is 2.40. The van der Waals surface area contributed by atoms with Crippen molar-refractivity contribution >= 4 is 23.3 Å². The lowest BCUT2D eigenvalue weighted by atomic mass is 10.1. The number of halogens is 6. The van der Waals surface area contributed by atoms with Crippen molar-refractivity contribution in [2.45, 2.75) is 31.0 Å². The number of aliphatic carboxylic acids is 2. The lowest BCUT2D eigenvalue weighted by Crippen LogP contribution is -2.52. The normalized spacial score (nSPS) is 21.2. The van der Waals surface area contributed by atoms with Gasteiger partial charge in [0.05, 0.1) is 12.7 Å². The Kier molecular flexibility index (Phi) is 11.7. The Morgan fingerprint density at radius 3 is 2.12 bits per heavy atom. The first kappa shape index (κ1) is 30.1. The molecule has 2 saturated heterocycles. The van der Waals surface area contributed by atoms with Crippen LogP contribution in [0.15, 0.2) is 17.5 Å². The highest BCUT2D eigenvalue weighted by atomic mass is 32.1. The molecule has 15 heteroatoms. The maximum atomic E-state index is 10.6. The van der Waals surface area contributed by atoms with Gasteiger partial charge in [0.15, 0.2) is 0 Å². The molecule has 196 valence electrons. The molecule has 2 fully saturated rings. The van der Waals surface area contributed by atoms with Crippen molar-refractivity contribution in [2.75, 3.05) is 53.4 Å². The molecule has 2 atom stereocenters. The standard InChI is InChI=1S/C15H25N3OS.2C2HF3O2/c1-16(2)5-6-18-7-8-19-15-12-17(11-14(15)18)10-13-4-3-9-20-13;2*3-2(4,5)1(6)7/h3-4,9,14-15H,5-8,10-12H2,1-2H3;2*(H,6,7)/t14-,15+;;/m1../s1. The Labute approximate surface area is 196 Å². The van der Waals surface area contributed by atoms with E-state index in [1.807, 2.05) is 11.3 Å². The Morgan fingerprint density at radius 2 is 1.68 bits per heavy atom. The minimum absolute atomic E-state index is 0.408. The van der Waals surface area contributed by atoms with Gasteiger partial charge in [0.1, 0.15) is 0 Å². The molecule has 1 aromatic rings. The van der Waals surface area contributed by atoms with Crippen LogP contribution in [-0.4, -0.2) is 115 Å². The minimum atomic E-state index is -5.08. The number of alkyl halides is 6. The summed E-state index contributed by atoms with van der Waals surface area (Å²) in [5, 5.41) is 16.4. The first-order chi connectivity index (χ1) is 15.6. The van der Waals surface area contributed by atoms with Crippen LogP contribution < -0.4 is 0 Å². The van der Waals surface area contributed by atoms with Gasteiger partial charge in [-0.2, -0.15) is 26.3 Å². The van der Waals surface area contributed by atoms with Crippen LogP contribution in [0.5, 0.6) is 0 Å². The Morgan fingerprint density at radius 1 is 1.12 bits per heavy atom. The monoisotopic (exact) mass is 523 g/mol. The van der Waals surface area contributed by atoms with Crippen LogP contribution in [0.1, 0.15) is 4.88 Å². The second-order valence-electron chi connectivity index (χ2n) is 7.70. The molecule has 3 rings (SSSR count). The van der Waals surface area contributed by atoms with Gasteiger partial charge in [-0.05, 0) is 25.5 Å². The molecule has 2 N–H and O–H groups in total. The summed E-state index contributed by atoms with van der Waals surface area (Å²) in [6.07, 6.45) is -9.76. The van der Waals surface area contributed by atoms with Gasteiger partial charge in [-0.1, -0.05) is 6.07 Å². The number of carboxylic acid groups (broad SMARTS) is 2. The number of likely N-dealkylation sites (N-methyl/N-ethyl adjacent to an activating group) is 1. The number of hydrogen-bond acceptors (Lipinski definition) is 7. The molecule has 1 aromatic heterocycles. The molecule has 0 spiro atoms. The SMILES string of the molecule is CN(C)CCN1CCO[C@H]2CN(Cc3cccs3)C[C@H]21.O=C(O)C(F)(F)F.O=C(O)C(F)(F)F. The highest BCUT2D eigenvalue weighted by Crippen LogP contribution is 2.25. The topological polar surface area (TPSA) is 93.5 Å². The fourth-order valence-corrected chi connectivity index (χ4v) is 3.94. The van der Waals surface area contributed by atoms with Crippen molar-refractivity contribution in [3.05, 3.63) is 22.4 Å². The predicted octanol–water partition coefficient (Wildman–Crippen LogP) is 2.46. The van der Waals surface area contributed by atoms with E-state index < -0.39 is 24.3 Å². The molecule has 0 radical (unpaired) electrons. The molecule has 2 aliphatic heterocycles. The highest BCUT2D eigenvalue weighted by molar-refractivity contribution is 7.09. The number of rotatable bonds is 5. The lowest BCUT2D eigenvalue weighted by Gasteiger charge is -2.37. The van der Waals surface area contributed by atoms with Crippen LogP contribution in [0, 0.1) is 0 Å². The Bertz CT molecular complexity index is 737. The third-order valence-corrected chi connectivity index (χ3v) is 5.63. The van der Waals surface area contributed by atoms with Gasteiger partial charge in [0, 0.05) is 50.2 Å². The summed E-state index contributed by atoms with van der Waals surface area (Å²) in [4.78, 5) is 26.7. The van der Waals surface area contributed by atoms with Crippen LogP contribution in [0.4, 0.5) is 26.3 Å². The molecule has 0 unspecified atom stereocenters. The van der Waals surface area contributed by atoms with Gasteiger partial charge in [-0.25, -0.2) is 9.59 Å². The largest absolute Gasteiger partial charge is 0.490 e. The van der Waals surface area contributed by atoms with Gasteiger partial charge in [0.25, 0.3) is 0 Å². The number of ether oxygens (including phenoxy) is 1. The van der Waals surface area contributed by atoms with Gasteiger partial charge >= 0.3 is 24.3 Å². The van der Waals surface area contributed by atoms with E-state index in [0.717, 1.165) is 45.9 Å². The molecular formula is C19H27F6N3O5S. The summed E-state index contributed by atoms with van der Waals surface area (Å²) in [5.41, 5.74) is 0. The van der Waals surface area contributed by atoms with Crippen LogP contribution >= 0.6 is 11.3 Å². The Hall–Kier alpha value is -1.94. The fraction of sp³-hybridized carbons (Fsp3) is 0.684. The van der Waals surface area contributed by atoms with Crippen molar-refractivity contribution in [3.8, 4) is 0 Å². The fourth-order valence-electron chi connectivity index (χ4n) is 3.19. The molecule has 3 heterocycles. The van der Waals surface area contributed by atoms with Crippen LogP contribution in [0.3, 0.4) is 0 Å². The summed E-state index contributed by atoms with van der Waals surface area (Å²) in [6.45, 7) is 7.58. The zero-order chi connectivity index (χ0) is 26.1. The number of likely N-dealkylation sites (tertiary alicyclic amines) is 1. The van der Waals surface area contributed by atoms with E-state index in [4.69, 9.17) is 24.5 Å². The number of thiophene rings is 1. The lowest BCUT2D eigenvalue weighted by molar-refractivity contribution is -0.193. The maximum Gasteiger partial charge on any atom is 0.490 e. The van der Waals surface area contributed by atoms with Crippen molar-refractivity contribution < 1.29 is 50.9 Å². The number of carbonyl (C=O) groups is 2. The van der Waals surface area contributed by atoms with E-state index in [0.29, 0.717) is 12.1 Å². The molecule has 0 aromatic carbocycles. The number of fused-ring (bicyclic) bond motifs is 1.